The minimum atomic E-state index is 0.636. The maximum atomic E-state index is 5.43. The molecule has 0 aromatic heterocycles. The van der Waals surface area contributed by atoms with E-state index in [2.05, 4.69) is 13.2 Å². The van der Waals surface area contributed by atoms with E-state index in [4.69, 9.17) is 5.73 Å². The first-order chi connectivity index (χ1) is 4.31. The van der Waals surface area contributed by atoms with Gasteiger partial charge in [0.15, 0.2) is 0 Å². The summed E-state index contributed by atoms with van der Waals surface area (Å²) in [4.78, 5) is 0. The highest BCUT2D eigenvalue weighted by Crippen LogP contribution is 2.09. The molecule has 56 valence electrons. The van der Waals surface area contributed by atoms with Crippen LogP contribution in [0.15, 0.2) is 0 Å². The van der Waals surface area contributed by atoms with Gasteiger partial charge in [-0.2, -0.15) is 23.5 Å². The normalized spacial score (nSPS) is 13.7. The lowest BCUT2D eigenvalue weighted by Crippen LogP contribution is -2.13. The molecule has 1 atom stereocenters. The summed E-state index contributed by atoms with van der Waals surface area (Å²) >= 11 is 3.85. The Balaban J connectivity index is 2.88. The fraction of sp³-hybridized carbons (Fsp3) is 1.00. The first-order valence-corrected chi connectivity index (χ1v) is 5.56. The van der Waals surface area contributed by atoms with Gasteiger partial charge in [-0.15, -0.1) is 0 Å². The van der Waals surface area contributed by atoms with Crippen LogP contribution >= 0.6 is 23.5 Å². The summed E-state index contributed by atoms with van der Waals surface area (Å²) in [5.74, 6) is 2.48. The molecule has 0 heterocycles. The molecule has 0 aliphatic rings. The SMILES string of the molecule is CSCCSC(C)CN. The largest absolute Gasteiger partial charge is 0.329 e. The fourth-order valence-corrected chi connectivity index (χ4v) is 1.99. The van der Waals surface area contributed by atoms with Crippen molar-refractivity contribution >= 4 is 23.5 Å². The fourth-order valence-electron chi connectivity index (χ4n) is 0.401. The van der Waals surface area contributed by atoms with Crippen LogP contribution in [0.2, 0.25) is 0 Å². The quantitative estimate of drug-likeness (QED) is 0.624. The van der Waals surface area contributed by atoms with Gasteiger partial charge in [-0.3, -0.25) is 0 Å². The van der Waals surface area contributed by atoms with Crippen LogP contribution in [0, 0.1) is 0 Å². The summed E-state index contributed by atoms with van der Waals surface area (Å²) in [5.41, 5.74) is 5.43. The maximum Gasteiger partial charge on any atom is 0.0142 e. The van der Waals surface area contributed by atoms with Crippen molar-refractivity contribution in [2.75, 3.05) is 24.3 Å². The molecule has 3 heteroatoms. The molecule has 0 aromatic carbocycles. The van der Waals surface area contributed by atoms with Crippen molar-refractivity contribution in [1.82, 2.24) is 0 Å². The van der Waals surface area contributed by atoms with Crippen molar-refractivity contribution < 1.29 is 0 Å². The van der Waals surface area contributed by atoms with E-state index < -0.39 is 0 Å². The average Bonchev–Trinajstić information content (AvgIpc) is 1.89. The molecule has 9 heavy (non-hydrogen) atoms. The van der Waals surface area contributed by atoms with Gasteiger partial charge in [0.05, 0.1) is 0 Å². The van der Waals surface area contributed by atoms with Crippen molar-refractivity contribution in [3.63, 3.8) is 0 Å². The second kappa shape index (κ2) is 6.78. The topological polar surface area (TPSA) is 26.0 Å². The summed E-state index contributed by atoms with van der Waals surface area (Å²) in [5, 5.41) is 0.636. The van der Waals surface area contributed by atoms with Gasteiger partial charge < -0.3 is 5.73 Å². The van der Waals surface area contributed by atoms with Crippen molar-refractivity contribution in [3.05, 3.63) is 0 Å². The van der Waals surface area contributed by atoms with Gasteiger partial charge in [0.25, 0.3) is 0 Å². The lowest BCUT2D eigenvalue weighted by molar-refractivity contribution is 0.952. The molecule has 0 aliphatic heterocycles. The summed E-state index contributed by atoms with van der Waals surface area (Å²) in [6, 6.07) is 0. The van der Waals surface area contributed by atoms with E-state index in [0.717, 1.165) is 6.54 Å². The summed E-state index contributed by atoms with van der Waals surface area (Å²) in [6.45, 7) is 2.98. The third-order valence-corrected chi connectivity index (χ3v) is 3.09. The lowest BCUT2D eigenvalue weighted by atomic mass is 10.5. The third kappa shape index (κ3) is 6.55. The summed E-state index contributed by atoms with van der Waals surface area (Å²) < 4.78 is 0. The third-order valence-electron chi connectivity index (χ3n) is 1.02. The van der Waals surface area contributed by atoms with Gasteiger partial charge in [0.2, 0.25) is 0 Å². The Labute approximate surface area is 66.2 Å². The van der Waals surface area contributed by atoms with Gasteiger partial charge in [0.1, 0.15) is 0 Å². The number of nitrogens with two attached hydrogens (primary N) is 1. The Kier molecular flexibility index (Phi) is 7.27. The molecule has 0 amide bonds. The monoisotopic (exact) mass is 165 g/mol. The molecule has 0 bridgehead atoms. The molecule has 0 aliphatic carbocycles. The predicted octanol–water partition coefficient (Wildman–Crippen LogP) is 1.43. The van der Waals surface area contributed by atoms with Crippen molar-refractivity contribution in [2.24, 2.45) is 5.73 Å². The van der Waals surface area contributed by atoms with E-state index in [1.54, 1.807) is 0 Å². The standard InChI is InChI=1S/C6H15NS2/c1-6(5-7)9-4-3-8-2/h6H,3-5,7H2,1-2H3. The Hall–Kier alpha value is 0.660. The predicted molar refractivity (Wildman–Crippen MR) is 49.4 cm³/mol. The van der Waals surface area contributed by atoms with E-state index in [0.29, 0.717) is 5.25 Å². The maximum absolute atomic E-state index is 5.43. The molecule has 0 saturated heterocycles. The van der Waals surface area contributed by atoms with Crippen molar-refractivity contribution in [1.29, 1.82) is 0 Å². The molecule has 2 N–H and O–H groups in total. The summed E-state index contributed by atoms with van der Waals surface area (Å²) in [7, 11) is 0. The van der Waals surface area contributed by atoms with Gasteiger partial charge in [-0.25, -0.2) is 0 Å². The Morgan fingerprint density at radius 2 is 2.11 bits per heavy atom. The smallest absolute Gasteiger partial charge is 0.0142 e. The molecule has 1 nitrogen and oxygen atoms in total. The van der Waals surface area contributed by atoms with Crippen molar-refractivity contribution in [3.8, 4) is 0 Å². The van der Waals surface area contributed by atoms with E-state index in [1.165, 1.54) is 11.5 Å². The highest BCUT2D eigenvalue weighted by atomic mass is 32.2. The van der Waals surface area contributed by atoms with E-state index in [1.807, 2.05) is 23.5 Å². The average molecular weight is 165 g/mol. The van der Waals surface area contributed by atoms with Gasteiger partial charge in [0, 0.05) is 23.3 Å². The minimum absolute atomic E-state index is 0.636. The van der Waals surface area contributed by atoms with E-state index >= 15 is 0 Å². The lowest BCUT2D eigenvalue weighted by Gasteiger charge is -2.05. The van der Waals surface area contributed by atoms with Crippen LogP contribution in [0.3, 0.4) is 0 Å². The zero-order valence-corrected chi connectivity index (χ0v) is 7.73. The molecule has 0 spiro atoms. The minimum Gasteiger partial charge on any atom is -0.329 e. The number of hydrogen-bond acceptors (Lipinski definition) is 3. The molecule has 0 radical (unpaired) electrons. The van der Waals surface area contributed by atoms with Crippen LogP contribution in [-0.4, -0.2) is 29.6 Å². The van der Waals surface area contributed by atoms with Crippen LogP contribution in [0.4, 0.5) is 0 Å². The zero-order valence-electron chi connectivity index (χ0n) is 6.09. The molecule has 0 fully saturated rings. The van der Waals surface area contributed by atoms with Crippen LogP contribution in [0.5, 0.6) is 0 Å². The van der Waals surface area contributed by atoms with Crippen LogP contribution in [-0.2, 0) is 0 Å². The molecule has 0 aromatic rings. The first-order valence-electron chi connectivity index (χ1n) is 3.12. The number of rotatable bonds is 5. The Bertz CT molecular complexity index is 59.0. The van der Waals surface area contributed by atoms with Crippen LogP contribution in [0.25, 0.3) is 0 Å². The molecule has 0 saturated carbocycles. The van der Waals surface area contributed by atoms with E-state index in [-0.39, 0.29) is 0 Å². The number of thioether (sulfide) groups is 2. The van der Waals surface area contributed by atoms with Gasteiger partial charge >= 0.3 is 0 Å². The Morgan fingerprint density at radius 1 is 1.44 bits per heavy atom. The van der Waals surface area contributed by atoms with Crippen molar-refractivity contribution in [2.45, 2.75) is 12.2 Å². The number of hydrogen-bond donors (Lipinski definition) is 1. The molecular formula is C6H15NS2. The first kappa shape index (κ1) is 9.66. The second-order valence-corrected chi connectivity index (χ2v) is 4.44. The van der Waals surface area contributed by atoms with Gasteiger partial charge in [-0.1, -0.05) is 6.92 Å². The Morgan fingerprint density at radius 3 is 2.56 bits per heavy atom. The highest BCUT2D eigenvalue weighted by Gasteiger charge is 1.96. The van der Waals surface area contributed by atoms with Gasteiger partial charge in [-0.05, 0) is 6.26 Å². The van der Waals surface area contributed by atoms with Crippen LogP contribution < -0.4 is 5.73 Å². The molecular weight excluding hydrogens is 150 g/mol. The van der Waals surface area contributed by atoms with E-state index in [9.17, 15) is 0 Å². The molecule has 0 rings (SSSR count). The second-order valence-electron chi connectivity index (χ2n) is 1.91. The zero-order chi connectivity index (χ0) is 7.11. The summed E-state index contributed by atoms with van der Waals surface area (Å²) in [6.07, 6.45) is 2.13. The highest BCUT2D eigenvalue weighted by molar-refractivity contribution is 8.02. The molecule has 1 unspecified atom stereocenters. The van der Waals surface area contributed by atoms with Crippen LogP contribution in [0.1, 0.15) is 6.92 Å².